The molecular formula is C10H19N3S. The first-order valence-electron chi connectivity index (χ1n) is 4.91. The highest BCUT2D eigenvalue weighted by Crippen LogP contribution is 2.19. The van der Waals surface area contributed by atoms with Crippen molar-refractivity contribution in [3.8, 4) is 0 Å². The number of hydrogen-bond acceptors (Lipinski definition) is 3. The van der Waals surface area contributed by atoms with Gasteiger partial charge in [-0.15, -0.1) is 0 Å². The second-order valence-electron chi connectivity index (χ2n) is 3.62. The maximum absolute atomic E-state index is 4.35. The van der Waals surface area contributed by atoms with Crippen molar-refractivity contribution in [2.75, 3.05) is 12.8 Å². The van der Waals surface area contributed by atoms with Gasteiger partial charge in [-0.1, -0.05) is 13.8 Å². The fourth-order valence-electron chi connectivity index (χ4n) is 1.29. The summed E-state index contributed by atoms with van der Waals surface area (Å²) in [6.07, 6.45) is 3.83. The molecule has 80 valence electrons. The minimum atomic E-state index is 0.349. The van der Waals surface area contributed by atoms with E-state index in [1.807, 2.05) is 38.3 Å². The van der Waals surface area contributed by atoms with E-state index in [2.05, 4.69) is 28.7 Å². The molecule has 1 atom stereocenters. The molecule has 0 saturated carbocycles. The minimum Gasteiger partial charge on any atom is -0.337 e. The molecule has 0 saturated heterocycles. The van der Waals surface area contributed by atoms with Gasteiger partial charge >= 0.3 is 0 Å². The van der Waals surface area contributed by atoms with Gasteiger partial charge in [0.1, 0.15) is 5.82 Å². The van der Waals surface area contributed by atoms with Gasteiger partial charge in [-0.05, 0) is 12.3 Å². The topological polar surface area (TPSA) is 29.9 Å². The summed E-state index contributed by atoms with van der Waals surface area (Å²) >= 11 is 1.96. The summed E-state index contributed by atoms with van der Waals surface area (Å²) in [6.45, 7) is 4.44. The molecule has 1 N–H and O–H groups in total. The van der Waals surface area contributed by atoms with E-state index in [0.29, 0.717) is 11.3 Å². The van der Waals surface area contributed by atoms with Gasteiger partial charge in [-0.3, -0.25) is 0 Å². The third-order valence-electron chi connectivity index (χ3n) is 2.11. The zero-order valence-corrected chi connectivity index (χ0v) is 10.1. The van der Waals surface area contributed by atoms with E-state index in [4.69, 9.17) is 0 Å². The summed E-state index contributed by atoms with van der Waals surface area (Å²) in [5, 5.41) is 3.97. The van der Waals surface area contributed by atoms with Crippen LogP contribution in [0.3, 0.4) is 0 Å². The zero-order valence-electron chi connectivity index (χ0n) is 9.32. The molecule has 0 aromatic carbocycles. The van der Waals surface area contributed by atoms with Crippen molar-refractivity contribution in [3.05, 3.63) is 18.2 Å². The first-order chi connectivity index (χ1) is 6.65. The number of nitrogens with zero attached hydrogens (tertiary/aromatic N) is 2. The fraction of sp³-hybridized carbons (Fsp3) is 0.700. The van der Waals surface area contributed by atoms with Crippen molar-refractivity contribution in [1.82, 2.24) is 14.9 Å². The molecular weight excluding hydrogens is 194 g/mol. The number of hydrogen-bond donors (Lipinski definition) is 1. The summed E-state index contributed by atoms with van der Waals surface area (Å²) in [5.41, 5.74) is 0. The molecule has 4 heteroatoms. The van der Waals surface area contributed by atoms with E-state index >= 15 is 0 Å². The molecule has 1 aromatic rings. The Labute approximate surface area is 90.3 Å². The Balaban J connectivity index is 2.58. The number of rotatable bonds is 5. The first-order valence-corrected chi connectivity index (χ1v) is 5.96. The quantitative estimate of drug-likeness (QED) is 0.809. The van der Waals surface area contributed by atoms with Crippen LogP contribution in [-0.4, -0.2) is 27.6 Å². The average Bonchev–Trinajstić information content (AvgIpc) is 2.53. The second kappa shape index (κ2) is 5.41. The minimum absolute atomic E-state index is 0.349. The molecule has 0 aliphatic carbocycles. The smallest absolute Gasteiger partial charge is 0.126 e. The maximum Gasteiger partial charge on any atom is 0.126 e. The van der Waals surface area contributed by atoms with Crippen molar-refractivity contribution in [3.63, 3.8) is 0 Å². The standard InChI is InChI=1S/C10H19N3S/c1-8(2)14-7-9(11-3)10-12-5-6-13(10)4/h5-6,8-9,11H,7H2,1-4H3. The van der Waals surface area contributed by atoms with Gasteiger partial charge in [0.25, 0.3) is 0 Å². The molecule has 0 aliphatic rings. The van der Waals surface area contributed by atoms with Crippen LogP contribution in [0, 0.1) is 0 Å². The van der Waals surface area contributed by atoms with Gasteiger partial charge in [0.05, 0.1) is 6.04 Å². The number of thioether (sulfide) groups is 1. The third-order valence-corrected chi connectivity index (χ3v) is 3.31. The van der Waals surface area contributed by atoms with E-state index in [1.54, 1.807) is 0 Å². The molecule has 0 aliphatic heterocycles. The molecule has 0 radical (unpaired) electrons. The van der Waals surface area contributed by atoms with Gasteiger partial charge in [-0.2, -0.15) is 11.8 Å². The van der Waals surface area contributed by atoms with Crippen LogP contribution in [-0.2, 0) is 7.05 Å². The molecule has 0 amide bonds. The molecule has 1 rings (SSSR count). The molecule has 0 bridgehead atoms. The third kappa shape index (κ3) is 3.03. The van der Waals surface area contributed by atoms with E-state index in [0.717, 1.165) is 11.6 Å². The van der Waals surface area contributed by atoms with Crippen LogP contribution < -0.4 is 5.32 Å². The van der Waals surface area contributed by atoms with E-state index in [9.17, 15) is 0 Å². The van der Waals surface area contributed by atoms with Crippen LogP contribution >= 0.6 is 11.8 Å². The highest BCUT2D eigenvalue weighted by atomic mass is 32.2. The zero-order chi connectivity index (χ0) is 10.6. The van der Waals surface area contributed by atoms with Crippen LogP contribution in [0.25, 0.3) is 0 Å². The number of imidazole rings is 1. The van der Waals surface area contributed by atoms with Crippen molar-refractivity contribution < 1.29 is 0 Å². The SMILES string of the molecule is CNC(CSC(C)C)c1nccn1C. The molecule has 1 unspecified atom stereocenters. The number of nitrogens with one attached hydrogen (secondary N) is 1. The van der Waals surface area contributed by atoms with Crippen LogP contribution in [0.5, 0.6) is 0 Å². The molecule has 14 heavy (non-hydrogen) atoms. The van der Waals surface area contributed by atoms with Crippen LogP contribution in [0.15, 0.2) is 12.4 Å². The highest BCUT2D eigenvalue weighted by Gasteiger charge is 2.13. The van der Waals surface area contributed by atoms with E-state index in [-0.39, 0.29) is 0 Å². The molecule has 1 aromatic heterocycles. The Hall–Kier alpha value is -0.480. The molecule has 3 nitrogen and oxygen atoms in total. The van der Waals surface area contributed by atoms with E-state index in [1.165, 1.54) is 0 Å². The normalized spacial score (nSPS) is 13.5. The van der Waals surface area contributed by atoms with Crippen LogP contribution in [0.1, 0.15) is 25.7 Å². The molecule has 0 spiro atoms. The van der Waals surface area contributed by atoms with Gasteiger partial charge in [0.15, 0.2) is 0 Å². The van der Waals surface area contributed by atoms with Gasteiger partial charge < -0.3 is 9.88 Å². The largest absolute Gasteiger partial charge is 0.337 e. The second-order valence-corrected chi connectivity index (χ2v) is 5.23. The Bertz CT molecular complexity index is 270. The lowest BCUT2D eigenvalue weighted by molar-refractivity contribution is 0.592. The maximum atomic E-state index is 4.35. The van der Waals surface area contributed by atoms with Crippen molar-refractivity contribution in [2.45, 2.75) is 25.1 Å². The predicted molar refractivity (Wildman–Crippen MR) is 62.6 cm³/mol. The summed E-state index contributed by atoms with van der Waals surface area (Å²) in [7, 11) is 4.02. The van der Waals surface area contributed by atoms with Crippen molar-refractivity contribution in [2.24, 2.45) is 7.05 Å². The Morgan fingerprint density at radius 1 is 1.57 bits per heavy atom. The van der Waals surface area contributed by atoms with Crippen LogP contribution in [0.4, 0.5) is 0 Å². The van der Waals surface area contributed by atoms with Crippen molar-refractivity contribution in [1.29, 1.82) is 0 Å². The van der Waals surface area contributed by atoms with Gasteiger partial charge in [-0.25, -0.2) is 4.98 Å². The summed E-state index contributed by atoms with van der Waals surface area (Å²) in [5.74, 6) is 2.18. The van der Waals surface area contributed by atoms with Gasteiger partial charge in [0, 0.05) is 25.2 Å². The van der Waals surface area contributed by atoms with Crippen LogP contribution in [0.2, 0.25) is 0 Å². The average molecular weight is 213 g/mol. The Morgan fingerprint density at radius 3 is 2.71 bits per heavy atom. The Kier molecular flexibility index (Phi) is 4.48. The molecule has 1 heterocycles. The number of aromatic nitrogens is 2. The van der Waals surface area contributed by atoms with E-state index < -0.39 is 0 Å². The monoisotopic (exact) mass is 213 g/mol. The van der Waals surface area contributed by atoms with Crippen molar-refractivity contribution >= 4 is 11.8 Å². The number of aryl methyl sites for hydroxylation is 1. The lowest BCUT2D eigenvalue weighted by Crippen LogP contribution is -2.22. The highest BCUT2D eigenvalue weighted by molar-refractivity contribution is 7.99. The Morgan fingerprint density at radius 2 is 2.29 bits per heavy atom. The lowest BCUT2D eigenvalue weighted by atomic mass is 10.3. The van der Waals surface area contributed by atoms with Gasteiger partial charge in [0.2, 0.25) is 0 Å². The summed E-state index contributed by atoms with van der Waals surface area (Å²) < 4.78 is 2.07. The predicted octanol–water partition coefficient (Wildman–Crippen LogP) is 1.82. The summed E-state index contributed by atoms with van der Waals surface area (Å²) in [6, 6.07) is 0.349. The summed E-state index contributed by atoms with van der Waals surface area (Å²) in [4.78, 5) is 4.35. The lowest BCUT2D eigenvalue weighted by Gasteiger charge is -2.16. The molecule has 0 fully saturated rings. The fourth-order valence-corrected chi connectivity index (χ4v) is 2.18. The first kappa shape index (κ1) is 11.6.